The lowest BCUT2D eigenvalue weighted by Gasteiger charge is -2.16. The van der Waals surface area contributed by atoms with Crippen LogP contribution < -0.4 is 5.32 Å². The van der Waals surface area contributed by atoms with Crippen molar-refractivity contribution in [1.29, 1.82) is 0 Å². The molecule has 25 heavy (non-hydrogen) atoms. The number of hydrogen-bond donors (Lipinski definition) is 2. The number of fused-ring (bicyclic) bond motifs is 1. The Morgan fingerprint density at radius 3 is 2.80 bits per heavy atom. The van der Waals surface area contributed by atoms with Gasteiger partial charge in [0.05, 0.1) is 6.42 Å². The number of rotatable bonds is 5. The maximum absolute atomic E-state index is 13.7. The van der Waals surface area contributed by atoms with Crippen LogP contribution in [0.5, 0.6) is 0 Å². The number of nitrogens with one attached hydrogen (secondary N) is 2. The molecule has 0 unspecified atom stereocenters. The molecule has 0 atom stereocenters. The van der Waals surface area contributed by atoms with Gasteiger partial charge in [0.25, 0.3) is 0 Å². The van der Waals surface area contributed by atoms with Crippen LogP contribution in [0.2, 0.25) is 5.02 Å². The van der Waals surface area contributed by atoms with Gasteiger partial charge in [0.15, 0.2) is 0 Å². The SMILES string of the molecule is O=C(Cc1ccccc1F)NCC1(c2c[nH]c3cc(Cl)ccc23)CC1. The van der Waals surface area contributed by atoms with Gasteiger partial charge >= 0.3 is 0 Å². The molecule has 2 aromatic carbocycles. The van der Waals surface area contributed by atoms with E-state index in [0.717, 1.165) is 23.7 Å². The molecule has 5 heteroatoms. The zero-order valence-corrected chi connectivity index (χ0v) is 14.4. The largest absolute Gasteiger partial charge is 0.361 e. The second-order valence-corrected chi connectivity index (χ2v) is 7.15. The van der Waals surface area contributed by atoms with Crippen LogP contribution in [0.4, 0.5) is 4.39 Å². The third kappa shape index (κ3) is 3.14. The van der Waals surface area contributed by atoms with E-state index in [0.29, 0.717) is 17.1 Å². The highest BCUT2D eigenvalue weighted by Gasteiger charge is 2.45. The van der Waals surface area contributed by atoms with Crippen LogP contribution in [0.3, 0.4) is 0 Å². The Kier molecular flexibility index (Phi) is 4.00. The minimum absolute atomic E-state index is 0.0308. The Hall–Kier alpha value is -2.33. The maximum atomic E-state index is 13.7. The monoisotopic (exact) mass is 356 g/mol. The van der Waals surface area contributed by atoms with E-state index < -0.39 is 0 Å². The van der Waals surface area contributed by atoms with Crippen molar-refractivity contribution in [2.75, 3.05) is 6.54 Å². The first kappa shape index (κ1) is 16.2. The van der Waals surface area contributed by atoms with Crippen molar-refractivity contribution in [1.82, 2.24) is 10.3 Å². The summed E-state index contributed by atoms with van der Waals surface area (Å²) in [5.41, 5.74) is 2.61. The fourth-order valence-electron chi connectivity index (χ4n) is 3.37. The molecule has 3 nitrogen and oxygen atoms in total. The van der Waals surface area contributed by atoms with Gasteiger partial charge in [-0.05, 0) is 42.2 Å². The van der Waals surface area contributed by atoms with Crippen molar-refractivity contribution < 1.29 is 9.18 Å². The number of carbonyl (C=O) groups excluding carboxylic acids is 1. The molecule has 3 aromatic rings. The first-order chi connectivity index (χ1) is 12.1. The van der Waals surface area contributed by atoms with E-state index >= 15 is 0 Å². The summed E-state index contributed by atoms with van der Waals surface area (Å²) >= 11 is 6.04. The molecule has 1 aromatic heterocycles. The van der Waals surface area contributed by atoms with Crippen molar-refractivity contribution in [2.45, 2.75) is 24.7 Å². The van der Waals surface area contributed by atoms with Gasteiger partial charge in [-0.25, -0.2) is 4.39 Å². The molecule has 0 saturated heterocycles. The Morgan fingerprint density at radius 1 is 1.24 bits per heavy atom. The van der Waals surface area contributed by atoms with E-state index in [1.807, 2.05) is 24.4 Å². The van der Waals surface area contributed by atoms with Crippen LogP contribution in [0.1, 0.15) is 24.0 Å². The number of hydrogen-bond acceptors (Lipinski definition) is 1. The Morgan fingerprint density at radius 2 is 2.04 bits per heavy atom. The second-order valence-electron chi connectivity index (χ2n) is 6.72. The Balaban J connectivity index is 1.47. The molecule has 1 aliphatic rings. The van der Waals surface area contributed by atoms with Crippen molar-refractivity contribution >= 4 is 28.4 Å². The lowest BCUT2D eigenvalue weighted by molar-refractivity contribution is -0.120. The predicted octanol–water partition coefficient (Wildman–Crippen LogP) is 4.35. The minimum Gasteiger partial charge on any atom is -0.361 e. The van der Waals surface area contributed by atoms with Gasteiger partial charge in [-0.3, -0.25) is 4.79 Å². The first-order valence-electron chi connectivity index (χ1n) is 8.35. The summed E-state index contributed by atoms with van der Waals surface area (Å²) in [4.78, 5) is 15.5. The quantitative estimate of drug-likeness (QED) is 0.701. The predicted molar refractivity (Wildman–Crippen MR) is 97.3 cm³/mol. The topological polar surface area (TPSA) is 44.9 Å². The molecular formula is C20H18ClFN2O. The van der Waals surface area contributed by atoms with Crippen LogP contribution in [-0.2, 0) is 16.6 Å². The summed E-state index contributed by atoms with van der Waals surface area (Å²) in [5, 5.41) is 4.82. The summed E-state index contributed by atoms with van der Waals surface area (Å²) in [7, 11) is 0. The smallest absolute Gasteiger partial charge is 0.224 e. The Bertz CT molecular complexity index is 946. The number of aromatic amines is 1. The maximum Gasteiger partial charge on any atom is 0.224 e. The zero-order valence-electron chi connectivity index (χ0n) is 13.6. The molecule has 128 valence electrons. The molecule has 4 rings (SSSR count). The van der Waals surface area contributed by atoms with Gasteiger partial charge in [-0.2, -0.15) is 0 Å². The summed E-state index contributed by atoms with van der Waals surface area (Å²) < 4.78 is 13.7. The fourth-order valence-corrected chi connectivity index (χ4v) is 3.55. The van der Waals surface area contributed by atoms with Gasteiger partial charge < -0.3 is 10.3 Å². The highest BCUT2D eigenvalue weighted by Crippen LogP contribution is 2.50. The van der Waals surface area contributed by atoms with Crippen molar-refractivity contribution in [3.63, 3.8) is 0 Å². The molecule has 1 aliphatic carbocycles. The molecule has 0 bridgehead atoms. The number of amides is 1. The summed E-state index contributed by atoms with van der Waals surface area (Å²) in [6, 6.07) is 12.2. The standard InChI is InChI=1S/C20H18ClFN2O/c21-14-5-6-15-16(11-23-18(15)10-14)20(7-8-20)12-24-19(25)9-13-3-1-2-4-17(13)22/h1-6,10-11,23H,7-9,12H2,(H,24,25). The van der Waals surface area contributed by atoms with Crippen LogP contribution in [0.25, 0.3) is 10.9 Å². The highest BCUT2D eigenvalue weighted by molar-refractivity contribution is 6.31. The molecule has 0 aliphatic heterocycles. The average Bonchev–Trinajstić information content (AvgIpc) is 3.27. The molecule has 1 amide bonds. The Labute approximate surface area is 150 Å². The number of benzene rings is 2. The van der Waals surface area contributed by atoms with E-state index in [9.17, 15) is 9.18 Å². The summed E-state index contributed by atoms with van der Waals surface area (Å²) in [6.07, 6.45) is 4.13. The molecule has 1 saturated carbocycles. The van der Waals surface area contributed by atoms with E-state index in [1.165, 1.54) is 11.6 Å². The van der Waals surface area contributed by atoms with Crippen LogP contribution in [0.15, 0.2) is 48.7 Å². The van der Waals surface area contributed by atoms with Gasteiger partial charge in [-0.1, -0.05) is 35.9 Å². The lowest BCUT2D eigenvalue weighted by atomic mass is 9.95. The van der Waals surface area contributed by atoms with Crippen LogP contribution >= 0.6 is 11.6 Å². The molecular weight excluding hydrogens is 339 g/mol. The highest BCUT2D eigenvalue weighted by atomic mass is 35.5. The first-order valence-corrected chi connectivity index (χ1v) is 8.72. The van der Waals surface area contributed by atoms with E-state index in [-0.39, 0.29) is 23.6 Å². The molecule has 2 N–H and O–H groups in total. The second kappa shape index (κ2) is 6.19. The van der Waals surface area contributed by atoms with Crippen molar-refractivity contribution in [2.24, 2.45) is 0 Å². The lowest BCUT2D eigenvalue weighted by Crippen LogP contribution is -2.33. The average molecular weight is 357 g/mol. The molecule has 1 fully saturated rings. The third-order valence-electron chi connectivity index (χ3n) is 5.00. The van der Waals surface area contributed by atoms with E-state index in [4.69, 9.17) is 11.6 Å². The van der Waals surface area contributed by atoms with E-state index in [1.54, 1.807) is 18.2 Å². The van der Waals surface area contributed by atoms with Gasteiger partial charge in [0, 0.05) is 34.1 Å². The number of halogens is 2. The van der Waals surface area contributed by atoms with Crippen molar-refractivity contribution in [3.8, 4) is 0 Å². The molecule has 0 radical (unpaired) electrons. The summed E-state index contributed by atoms with van der Waals surface area (Å²) in [5.74, 6) is -0.494. The normalized spacial score (nSPS) is 15.3. The van der Waals surface area contributed by atoms with Crippen LogP contribution in [0, 0.1) is 5.82 Å². The molecule has 1 heterocycles. The van der Waals surface area contributed by atoms with Crippen molar-refractivity contribution in [3.05, 3.63) is 70.6 Å². The minimum atomic E-state index is -0.340. The zero-order chi connectivity index (χ0) is 17.4. The summed E-state index contributed by atoms with van der Waals surface area (Å²) in [6.45, 7) is 0.565. The van der Waals surface area contributed by atoms with Gasteiger partial charge in [-0.15, -0.1) is 0 Å². The number of H-pyrrole nitrogens is 1. The van der Waals surface area contributed by atoms with E-state index in [2.05, 4.69) is 10.3 Å². The van der Waals surface area contributed by atoms with Gasteiger partial charge in [0.2, 0.25) is 5.91 Å². The number of carbonyl (C=O) groups is 1. The third-order valence-corrected chi connectivity index (χ3v) is 5.24. The molecule has 0 spiro atoms. The van der Waals surface area contributed by atoms with Crippen LogP contribution in [-0.4, -0.2) is 17.4 Å². The fraction of sp³-hybridized carbons (Fsp3) is 0.250. The number of aromatic nitrogens is 1. The van der Waals surface area contributed by atoms with Gasteiger partial charge in [0.1, 0.15) is 5.82 Å².